The summed E-state index contributed by atoms with van der Waals surface area (Å²) in [6, 6.07) is 0.196. The highest BCUT2D eigenvalue weighted by atomic mass is 32.1. The van der Waals surface area contributed by atoms with Gasteiger partial charge in [0.15, 0.2) is 0 Å². The maximum atomic E-state index is 12.4. The van der Waals surface area contributed by atoms with Gasteiger partial charge >= 0.3 is 4.87 Å². The number of rotatable bonds is 5. The molecule has 1 N–H and O–H groups in total. The normalized spacial score (nSPS) is 26.0. The molecule has 1 amide bonds. The summed E-state index contributed by atoms with van der Waals surface area (Å²) in [5, 5.41) is 4.98. The van der Waals surface area contributed by atoms with Gasteiger partial charge in [-0.05, 0) is 33.1 Å². The van der Waals surface area contributed by atoms with E-state index in [2.05, 4.69) is 5.32 Å². The zero-order valence-electron chi connectivity index (χ0n) is 14.0. The Labute approximate surface area is 141 Å². The molecular weight excluding hydrogens is 312 g/mol. The lowest BCUT2D eigenvalue weighted by Gasteiger charge is -2.57. The van der Waals surface area contributed by atoms with Crippen LogP contribution in [0.3, 0.4) is 0 Å². The van der Waals surface area contributed by atoms with Crippen LogP contribution in [-0.4, -0.2) is 29.2 Å². The van der Waals surface area contributed by atoms with E-state index in [4.69, 9.17) is 4.74 Å². The second kappa shape index (κ2) is 6.77. The maximum absolute atomic E-state index is 12.4. The smallest absolute Gasteiger partial charge is 0.307 e. The summed E-state index contributed by atoms with van der Waals surface area (Å²) in [4.78, 5) is 24.1. The molecular formula is C17H26N2O3S. The van der Waals surface area contributed by atoms with E-state index in [1.54, 1.807) is 9.95 Å². The number of ether oxygens (including phenoxy) is 1. The highest BCUT2D eigenvalue weighted by Gasteiger charge is 2.56. The molecule has 1 heterocycles. The number of thiazole rings is 1. The van der Waals surface area contributed by atoms with Crippen LogP contribution in [-0.2, 0) is 16.1 Å². The molecule has 1 spiro atoms. The van der Waals surface area contributed by atoms with Gasteiger partial charge in [0.2, 0.25) is 5.91 Å². The largest absolute Gasteiger partial charge is 0.378 e. The van der Waals surface area contributed by atoms with Gasteiger partial charge < -0.3 is 10.1 Å². The number of hydrogen-bond donors (Lipinski definition) is 1. The first-order chi connectivity index (χ1) is 11.1. The molecule has 0 radical (unpaired) electrons. The SMILES string of the molecule is CCO[C@@H]1C[C@@H](NC(=O)Cn2c(C)csc2=O)C12CCCCC2. The zero-order valence-corrected chi connectivity index (χ0v) is 14.8. The van der Waals surface area contributed by atoms with Crippen molar-refractivity contribution in [1.82, 2.24) is 9.88 Å². The molecule has 5 nitrogen and oxygen atoms in total. The molecule has 2 aliphatic rings. The fourth-order valence-electron chi connectivity index (χ4n) is 4.25. The summed E-state index contributed by atoms with van der Waals surface area (Å²) < 4.78 is 7.47. The number of hydrogen-bond acceptors (Lipinski definition) is 4. The monoisotopic (exact) mass is 338 g/mol. The van der Waals surface area contributed by atoms with E-state index < -0.39 is 0 Å². The lowest BCUT2D eigenvalue weighted by Crippen LogP contribution is -2.65. The first kappa shape index (κ1) is 16.7. The lowest BCUT2D eigenvalue weighted by molar-refractivity contribution is -0.157. The Kier molecular flexibility index (Phi) is 4.92. The van der Waals surface area contributed by atoms with Gasteiger partial charge in [0.25, 0.3) is 0 Å². The molecule has 2 aliphatic carbocycles. The molecule has 1 aromatic heterocycles. The Morgan fingerprint density at radius 3 is 2.78 bits per heavy atom. The standard InChI is InChI=1S/C17H26N2O3S/c1-3-22-14-9-13(17(14)7-5-4-6-8-17)18-15(20)10-19-12(2)11-23-16(19)21/h11,13-14H,3-10H2,1-2H3,(H,18,20)/t13-,14-/m1/s1. The molecule has 3 rings (SSSR count). The fraction of sp³-hybridized carbons (Fsp3) is 0.765. The van der Waals surface area contributed by atoms with E-state index in [0.29, 0.717) is 0 Å². The quantitative estimate of drug-likeness (QED) is 0.897. The van der Waals surface area contributed by atoms with Gasteiger partial charge in [-0.2, -0.15) is 0 Å². The molecule has 1 aromatic rings. The molecule has 0 saturated heterocycles. The van der Waals surface area contributed by atoms with E-state index in [-0.39, 0.29) is 34.9 Å². The first-order valence-corrected chi connectivity index (χ1v) is 9.50. The van der Waals surface area contributed by atoms with Crippen molar-refractivity contribution >= 4 is 17.2 Å². The third-order valence-electron chi connectivity index (χ3n) is 5.55. The molecule has 23 heavy (non-hydrogen) atoms. The number of amides is 1. The number of aryl methyl sites for hydroxylation is 1. The van der Waals surface area contributed by atoms with Crippen molar-refractivity contribution in [3.63, 3.8) is 0 Å². The zero-order chi connectivity index (χ0) is 16.4. The van der Waals surface area contributed by atoms with Gasteiger partial charge in [-0.1, -0.05) is 30.6 Å². The maximum Gasteiger partial charge on any atom is 0.307 e. The number of carbonyl (C=O) groups is 1. The van der Waals surface area contributed by atoms with Crippen LogP contribution in [0, 0.1) is 12.3 Å². The van der Waals surface area contributed by atoms with Gasteiger partial charge in [0.1, 0.15) is 6.54 Å². The summed E-state index contributed by atoms with van der Waals surface area (Å²) >= 11 is 1.15. The van der Waals surface area contributed by atoms with Crippen LogP contribution in [0.5, 0.6) is 0 Å². The molecule has 6 heteroatoms. The van der Waals surface area contributed by atoms with E-state index in [0.717, 1.165) is 42.9 Å². The molecule has 0 bridgehead atoms. The van der Waals surface area contributed by atoms with Crippen LogP contribution in [0.25, 0.3) is 0 Å². The second-order valence-electron chi connectivity index (χ2n) is 6.82. The topological polar surface area (TPSA) is 60.3 Å². The third-order valence-corrected chi connectivity index (χ3v) is 6.43. The van der Waals surface area contributed by atoms with Crippen molar-refractivity contribution in [2.24, 2.45) is 5.41 Å². The molecule has 128 valence electrons. The van der Waals surface area contributed by atoms with Crippen LogP contribution < -0.4 is 10.2 Å². The van der Waals surface area contributed by atoms with E-state index in [9.17, 15) is 9.59 Å². The molecule has 2 fully saturated rings. The van der Waals surface area contributed by atoms with Gasteiger partial charge in [-0.3, -0.25) is 14.2 Å². The van der Waals surface area contributed by atoms with E-state index in [1.807, 2.05) is 13.8 Å². The van der Waals surface area contributed by atoms with Crippen molar-refractivity contribution in [3.05, 3.63) is 20.7 Å². The minimum Gasteiger partial charge on any atom is -0.378 e. The molecule has 0 aliphatic heterocycles. The van der Waals surface area contributed by atoms with Gasteiger partial charge in [-0.15, -0.1) is 0 Å². The minimum absolute atomic E-state index is 0.0569. The van der Waals surface area contributed by atoms with Crippen LogP contribution >= 0.6 is 11.3 Å². The fourth-order valence-corrected chi connectivity index (χ4v) is 4.98. The van der Waals surface area contributed by atoms with Crippen molar-refractivity contribution in [2.75, 3.05) is 6.61 Å². The predicted octanol–water partition coefficient (Wildman–Crippen LogP) is 2.46. The Hall–Kier alpha value is -1.14. The summed E-state index contributed by atoms with van der Waals surface area (Å²) in [5.74, 6) is -0.0569. The number of carbonyl (C=O) groups excluding carboxylic acids is 1. The highest BCUT2D eigenvalue weighted by molar-refractivity contribution is 7.07. The highest BCUT2D eigenvalue weighted by Crippen LogP contribution is 2.53. The van der Waals surface area contributed by atoms with Crippen molar-refractivity contribution in [1.29, 1.82) is 0 Å². The Balaban J connectivity index is 1.65. The van der Waals surface area contributed by atoms with Crippen LogP contribution in [0.1, 0.15) is 51.1 Å². The summed E-state index contributed by atoms with van der Waals surface area (Å²) in [5.41, 5.74) is 0.974. The summed E-state index contributed by atoms with van der Waals surface area (Å²) in [6.07, 6.45) is 7.18. The average Bonchev–Trinajstić information content (AvgIpc) is 2.86. The third kappa shape index (κ3) is 3.11. The summed E-state index contributed by atoms with van der Waals surface area (Å²) in [6.45, 7) is 4.76. The van der Waals surface area contributed by atoms with Gasteiger partial charge in [0.05, 0.1) is 6.10 Å². The van der Waals surface area contributed by atoms with Crippen molar-refractivity contribution < 1.29 is 9.53 Å². The van der Waals surface area contributed by atoms with Crippen molar-refractivity contribution in [2.45, 2.75) is 71.1 Å². The van der Waals surface area contributed by atoms with Gasteiger partial charge in [0, 0.05) is 29.1 Å². The van der Waals surface area contributed by atoms with Crippen LogP contribution in [0.4, 0.5) is 0 Å². The predicted molar refractivity (Wildman–Crippen MR) is 90.8 cm³/mol. The summed E-state index contributed by atoms with van der Waals surface area (Å²) in [7, 11) is 0. The van der Waals surface area contributed by atoms with Crippen LogP contribution in [0.15, 0.2) is 10.2 Å². The van der Waals surface area contributed by atoms with E-state index >= 15 is 0 Å². The number of aromatic nitrogens is 1. The Bertz CT molecular complexity index is 616. The van der Waals surface area contributed by atoms with Crippen molar-refractivity contribution in [3.8, 4) is 0 Å². The Morgan fingerprint density at radius 2 is 2.17 bits per heavy atom. The van der Waals surface area contributed by atoms with E-state index in [1.165, 1.54) is 19.3 Å². The minimum atomic E-state index is -0.0640. The average molecular weight is 338 g/mol. The molecule has 2 saturated carbocycles. The lowest BCUT2D eigenvalue weighted by atomic mass is 9.55. The second-order valence-corrected chi connectivity index (χ2v) is 7.64. The molecule has 2 atom stereocenters. The molecule has 0 unspecified atom stereocenters. The molecule has 0 aromatic carbocycles. The number of nitrogens with zero attached hydrogens (tertiary/aromatic N) is 1. The number of nitrogens with one attached hydrogen (secondary N) is 1. The first-order valence-electron chi connectivity index (χ1n) is 8.62. The van der Waals surface area contributed by atoms with Crippen LogP contribution in [0.2, 0.25) is 0 Å². The van der Waals surface area contributed by atoms with Gasteiger partial charge in [-0.25, -0.2) is 0 Å². The Morgan fingerprint density at radius 1 is 1.43 bits per heavy atom.